The Labute approximate surface area is 94.2 Å². The molecule has 0 saturated carbocycles. The highest BCUT2D eigenvalue weighted by Crippen LogP contribution is 2.15. The molecular weight excluding hydrogens is 188 g/mol. The Balaban J connectivity index is 2.39. The lowest BCUT2D eigenvalue weighted by molar-refractivity contribution is 0.0564. The molecule has 3 atom stereocenters. The third-order valence-electron chi connectivity index (χ3n) is 3.62. The van der Waals surface area contributed by atoms with Gasteiger partial charge in [-0.3, -0.25) is 4.90 Å². The van der Waals surface area contributed by atoms with E-state index in [9.17, 15) is 0 Å². The first-order valence-electron chi connectivity index (χ1n) is 6.22. The van der Waals surface area contributed by atoms with E-state index in [1.54, 1.807) is 0 Å². The molecule has 15 heavy (non-hydrogen) atoms. The Morgan fingerprint density at radius 3 is 2.67 bits per heavy atom. The topological polar surface area (TPSA) is 24.5 Å². The van der Waals surface area contributed by atoms with Crippen molar-refractivity contribution in [2.45, 2.75) is 51.8 Å². The number of nitrogens with zero attached hydrogens (tertiary/aromatic N) is 1. The predicted molar refractivity (Wildman–Crippen MR) is 64.2 cm³/mol. The normalized spacial score (nSPS) is 25.8. The van der Waals surface area contributed by atoms with Gasteiger partial charge in [0.1, 0.15) is 0 Å². The smallest absolute Gasteiger partial charge is 0.0702 e. The zero-order valence-corrected chi connectivity index (χ0v) is 10.6. The minimum Gasteiger partial charge on any atom is -0.377 e. The molecule has 1 N–H and O–H groups in total. The number of hydrogen-bond donors (Lipinski definition) is 1. The maximum atomic E-state index is 5.69. The molecule has 0 aromatic rings. The van der Waals surface area contributed by atoms with Crippen molar-refractivity contribution in [3.63, 3.8) is 0 Å². The summed E-state index contributed by atoms with van der Waals surface area (Å²) in [5.41, 5.74) is 0. The van der Waals surface area contributed by atoms with E-state index in [2.05, 4.69) is 31.0 Å². The van der Waals surface area contributed by atoms with Crippen LogP contribution in [0.2, 0.25) is 0 Å². The van der Waals surface area contributed by atoms with Gasteiger partial charge in [-0.1, -0.05) is 6.92 Å². The summed E-state index contributed by atoms with van der Waals surface area (Å²) in [5, 5.41) is 3.32. The quantitative estimate of drug-likeness (QED) is 0.725. The van der Waals surface area contributed by atoms with Gasteiger partial charge in [0, 0.05) is 25.2 Å². The van der Waals surface area contributed by atoms with Crippen LogP contribution in [-0.2, 0) is 4.74 Å². The average molecular weight is 214 g/mol. The van der Waals surface area contributed by atoms with Crippen molar-refractivity contribution in [2.75, 3.05) is 26.7 Å². The number of rotatable bonds is 6. The van der Waals surface area contributed by atoms with Crippen molar-refractivity contribution in [2.24, 2.45) is 0 Å². The Kier molecular flexibility index (Phi) is 5.58. The van der Waals surface area contributed by atoms with Crippen molar-refractivity contribution < 1.29 is 4.74 Å². The molecule has 90 valence electrons. The van der Waals surface area contributed by atoms with E-state index in [-0.39, 0.29) is 0 Å². The first kappa shape index (κ1) is 12.9. The predicted octanol–water partition coefficient (Wildman–Crippen LogP) is 1.48. The van der Waals surface area contributed by atoms with Crippen molar-refractivity contribution in [3.8, 4) is 0 Å². The van der Waals surface area contributed by atoms with Gasteiger partial charge in [0.2, 0.25) is 0 Å². The first-order chi connectivity index (χ1) is 7.19. The van der Waals surface area contributed by atoms with Crippen LogP contribution in [0, 0.1) is 0 Å². The zero-order chi connectivity index (χ0) is 11.3. The minimum atomic E-state index is 0.469. The Morgan fingerprint density at radius 2 is 2.20 bits per heavy atom. The lowest BCUT2D eigenvalue weighted by Crippen LogP contribution is -2.48. The molecule has 1 aliphatic heterocycles. The van der Waals surface area contributed by atoms with E-state index in [4.69, 9.17) is 4.74 Å². The number of ether oxygens (including phenoxy) is 1. The lowest BCUT2D eigenvalue weighted by Gasteiger charge is -2.33. The van der Waals surface area contributed by atoms with Crippen molar-refractivity contribution in [1.29, 1.82) is 0 Å². The Bertz CT molecular complexity index is 169. The summed E-state index contributed by atoms with van der Waals surface area (Å²) in [5.74, 6) is 0. The summed E-state index contributed by atoms with van der Waals surface area (Å²) in [4.78, 5) is 2.51. The zero-order valence-electron chi connectivity index (χ0n) is 10.6. The highest BCUT2D eigenvalue weighted by molar-refractivity contribution is 4.79. The maximum Gasteiger partial charge on any atom is 0.0702 e. The fourth-order valence-corrected chi connectivity index (χ4v) is 2.19. The van der Waals surface area contributed by atoms with Gasteiger partial charge in [-0.15, -0.1) is 0 Å². The van der Waals surface area contributed by atoms with Crippen molar-refractivity contribution in [3.05, 3.63) is 0 Å². The standard InChI is InChI=1S/C12H26N2O/c1-5-14(11(3)10(2)13-4)9-12-7-6-8-15-12/h10-13H,5-9H2,1-4H3. The van der Waals surface area contributed by atoms with E-state index in [1.165, 1.54) is 12.8 Å². The number of nitrogens with one attached hydrogen (secondary N) is 1. The van der Waals surface area contributed by atoms with E-state index in [1.807, 2.05) is 7.05 Å². The van der Waals surface area contributed by atoms with Crippen LogP contribution in [-0.4, -0.2) is 49.8 Å². The second-order valence-corrected chi connectivity index (χ2v) is 4.54. The third-order valence-corrected chi connectivity index (χ3v) is 3.62. The molecule has 1 rings (SSSR count). The molecule has 0 radical (unpaired) electrons. The summed E-state index contributed by atoms with van der Waals surface area (Å²) in [7, 11) is 2.03. The van der Waals surface area contributed by atoms with Crippen LogP contribution in [0.1, 0.15) is 33.6 Å². The summed E-state index contributed by atoms with van der Waals surface area (Å²) in [6.45, 7) is 9.91. The highest BCUT2D eigenvalue weighted by Gasteiger charge is 2.23. The van der Waals surface area contributed by atoms with Crippen LogP contribution in [0.5, 0.6) is 0 Å². The Morgan fingerprint density at radius 1 is 1.47 bits per heavy atom. The molecule has 0 spiro atoms. The molecule has 0 amide bonds. The molecule has 0 aliphatic carbocycles. The summed E-state index contributed by atoms with van der Waals surface area (Å²) < 4.78 is 5.69. The highest BCUT2D eigenvalue weighted by atomic mass is 16.5. The molecule has 1 heterocycles. The fourth-order valence-electron chi connectivity index (χ4n) is 2.19. The van der Waals surface area contributed by atoms with Gasteiger partial charge in [-0.2, -0.15) is 0 Å². The van der Waals surface area contributed by atoms with Crippen LogP contribution in [0.15, 0.2) is 0 Å². The van der Waals surface area contributed by atoms with Gasteiger partial charge in [0.05, 0.1) is 6.10 Å². The molecule has 3 unspecified atom stereocenters. The number of hydrogen-bond acceptors (Lipinski definition) is 3. The van der Waals surface area contributed by atoms with Gasteiger partial charge in [0.15, 0.2) is 0 Å². The van der Waals surface area contributed by atoms with Gasteiger partial charge in [-0.25, -0.2) is 0 Å². The minimum absolute atomic E-state index is 0.469. The molecule has 1 saturated heterocycles. The Hall–Kier alpha value is -0.120. The largest absolute Gasteiger partial charge is 0.377 e. The lowest BCUT2D eigenvalue weighted by atomic mass is 10.1. The van der Waals surface area contributed by atoms with Gasteiger partial charge >= 0.3 is 0 Å². The van der Waals surface area contributed by atoms with Gasteiger partial charge in [-0.05, 0) is 40.3 Å². The molecule has 3 heteroatoms. The van der Waals surface area contributed by atoms with Crippen LogP contribution in [0.25, 0.3) is 0 Å². The third kappa shape index (κ3) is 3.74. The van der Waals surface area contributed by atoms with E-state index in [0.717, 1.165) is 19.7 Å². The average Bonchev–Trinajstić information content (AvgIpc) is 2.76. The second kappa shape index (κ2) is 6.46. The van der Waals surface area contributed by atoms with Crippen molar-refractivity contribution in [1.82, 2.24) is 10.2 Å². The summed E-state index contributed by atoms with van der Waals surface area (Å²) >= 11 is 0. The molecule has 0 aromatic carbocycles. The van der Waals surface area contributed by atoms with E-state index >= 15 is 0 Å². The molecule has 1 aliphatic rings. The van der Waals surface area contributed by atoms with E-state index in [0.29, 0.717) is 18.2 Å². The SMILES string of the molecule is CCN(CC1CCCO1)C(C)C(C)NC. The van der Waals surface area contributed by atoms with Crippen LogP contribution in [0.4, 0.5) is 0 Å². The van der Waals surface area contributed by atoms with Gasteiger partial charge < -0.3 is 10.1 Å². The fraction of sp³-hybridized carbons (Fsp3) is 1.00. The monoisotopic (exact) mass is 214 g/mol. The summed E-state index contributed by atoms with van der Waals surface area (Å²) in [6, 6.07) is 1.11. The molecule has 0 bridgehead atoms. The molecular formula is C12H26N2O. The number of likely N-dealkylation sites (N-methyl/N-ethyl adjacent to an activating group) is 2. The van der Waals surface area contributed by atoms with E-state index < -0.39 is 0 Å². The first-order valence-corrected chi connectivity index (χ1v) is 6.22. The van der Waals surface area contributed by atoms with Gasteiger partial charge in [0.25, 0.3) is 0 Å². The molecule has 1 fully saturated rings. The second-order valence-electron chi connectivity index (χ2n) is 4.54. The van der Waals surface area contributed by atoms with Crippen molar-refractivity contribution >= 4 is 0 Å². The van der Waals surface area contributed by atoms with Crippen LogP contribution < -0.4 is 5.32 Å². The maximum absolute atomic E-state index is 5.69. The summed E-state index contributed by atoms with van der Waals surface area (Å²) in [6.07, 6.45) is 2.94. The van der Waals surface area contributed by atoms with Crippen LogP contribution >= 0.6 is 0 Å². The molecule has 0 aromatic heterocycles. The van der Waals surface area contributed by atoms with Crippen LogP contribution in [0.3, 0.4) is 0 Å². The molecule has 3 nitrogen and oxygen atoms in total.